The van der Waals surface area contributed by atoms with E-state index in [0.29, 0.717) is 0 Å². The molecule has 1 aromatic carbocycles. The summed E-state index contributed by atoms with van der Waals surface area (Å²) in [6.07, 6.45) is 1.43. The van der Waals surface area contributed by atoms with Crippen LogP contribution < -0.4 is 0 Å². The lowest BCUT2D eigenvalue weighted by molar-refractivity contribution is 0.606. The van der Waals surface area contributed by atoms with Crippen LogP contribution in [-0.4, -0.2) is 13.4 Å². The Hall–Kier alpha value is -1.39. The number of hydrogen-bond donors (Lipinski definition) is 0. The number of halogens is 1. The molecule has 0 spiro atoms. The summed E-state index contributed by atoms with van der Waals surface area (Å²) in [5, 5.41) is -0.129. The van der Waals surface area contributed by atoms with Gasteiger partial charge in [-0.25, -0.2) is 13.4 Å². The maximum absolute atomic E-state index is 11.1. The summed E-state index contributed by atoms with van der Waals surface area (Å²) in [5.41, 5.74) is 1.70. The molecule has 1 aromatic heterocycles. The fraction of sp³-hybridized carbons (Fsp3) is 0. The van der Waals surface area contributed by atoms with Gasteiger partial charge in [-0.15, -0.1) is 0 Å². The monoisotopic (exact) mass is 253 g/mol. The minimum absolute atomic E-state index is 0.129. The van der Waals surface area contributed by atoms with Crippen LogP contribution in [0.15, 0.2) is 53.7 Å². The van der Waals surface area contributed by atoms with Crippen LogP contribution in [0, 0.1) is 0 Å². The lowest BCUT2D eigenvalue weighted by Gasteiger charge is -2.02. The van der Waals surface area contributed by atoms with Crippen LogP contribution in [0.5, 0.6) is 0 Å². The van der Waals surface area contributed by atoms with Gasteiger partial charge in [-0.05, 0) is 23.3 Å². The van der Waals surface area contributed by atoms with Gasteiger partial charge >= 0.3 is 0 Å². The summed E-state index contributed by atoms with van der Waals surface area (Å²) >= 11 is 0. The highest BCUT2D eigenvalue weighted by Gasteiger charge is 2.12. The van der Waals surface area contributed by atoms with Crippen molar-refractivity contribution >= 4 is 19.7 Å². The summed E-state index contributed by atoms with van der Waals surface area (Å²) in [4.78, 5) is 3.72. The van der Waals surface area contributed by atoms with Crippen molar-refractivity contribution in [3.05, 3.63) is 48.7 Å². The molecule has 0 N–H and O–H groups in total. The fourth-order valence-corrected chi connectivity index (χ4v) is 2.06. The molecule has 0 radical (unpaired) electrons. The Kier molecular flexibility index (Phi) is 2.94. The summed E-state index contributed by atoms with van der Waals surface area (Å²) in [5.74, 6) is 0. The minimum atomic E-state index is -3.77. The van der Waals surface area contributed by atoms with E-state index in [9.17, 15) is 8.42 Å². The zero-order valence-electron chi connectivity index (χ0n) is 8.17. The summed E-state index contributed by atoms with van der Waals surface area (Å²) in [6.45, 7) is 0. The first-order valence-corrected chi connectivity index (χ1v) is 6.84. The second-order valence-electron chi connectivity index (χ2n) is 3.19. The van der Waals surface area contributed by atoms with Gasteiger partial charge in [-0.3, -0.25) is 0 Å². The van der Waals surface area contributed by atoms with Gasteiger partial charge in [0.25, 0.3) is 9.05 Å². The van der Waals surface area contributed by atoms with E-state index in [-0.39, 0.29) is 5.03 Å². The molecule has 0 fully saturated rings. The van der Waals surface area contributed by atoms with Crippen molar-refractivity contribution in [3.63, 3.8) is 0 Å². The van der Waals surface area contributed by atoms with E-state index in [0.717, 1.165) is 11.1 Å². The van der Waals surface area contributed by atoms with Gasteiger partial charge in [0.05, 0.1) is 0 Å². The van der Waals surface area contributed by atoms with Crippen LogP contribution >= 0.6 is 10.7 Å². The Morgan fingerprint density at radius 3 is 2.31 bits per heavy atom. The number of pyridine rings is 1. The Morgan fingerprint density at radius 1 is 1.00 bits per heavy atom. The lowest BCUT2D eigenvalue weighted by atomic mass is 10.1. The normalized spacial score (nSPS) is 11.3. The Labute approximate surface area is 98.1 Å². The molecule has 0 saturated heterocycles. The minimum Gasteiger partial charge on any atom is -0.243 e. The molecule has 82 valence electrons. The molecule has 0 amide bonds. The van der Waals surface area contributed by atoms with Gasteiger partial charge in [0.15, 0.2) is 5.03 Å². The van der Waals surface area contributed by atoms with Crippen molar-refractivity contribution in [1.82, 2.24) is 4.98 Å². The number of nitrogens with zero attached hydrogens (tertiary/aromatic N) is 1. The van der Waals surface area contributed by atoms with E-state index < -0.39 is 9.05 Å². The van der Waals surface area contributed by atoms with Crippen LogP contribution in [0.2, 0.25) is 0 Å². The van der Waals surface area contributed by atoms with Crippen molar-refractivity contribution in [2.24, 2.45) is 0 Å². The number of hydrogen-bond acceptors (Lipinski definition) is 3. The van der Waals surface area contributed by atoms with Gasteiger partial charge in [-0.1, -0.05) is 30.3 Å². The molecule has 0 saturated carbocycles. The topological polar surface area (TPSA) is 47.0 Å². The van der Waals surface area contributed by atoms with Crippen molar-refractivity contribution in [1.29, 1.82) is 0 Å². The number of aromatic nitrogens is 1. The van der Waals surface area contributed by atoms with Crippen LogP contribution in [0.1, 0.15) is 0 Å². The Balaban J connectivity index is 2.53. The predicted octanol–water partition coefficient (Wildman–Crippen LogP) is 2.68. The average Bonchev–Trinajstić information content (AvgIpc) is 2.29. The highest BCUT2D eigenvalue weighted by molar-refractivity contribution is 8.13. The fourth-order valence-electron chi connectivity index (χ4n) is 1.35. The molecule has 3 nitrogen and oxygen atoms in total. The van der Waals surface area contributed by atoms with E-state index in [2.05, 4.69) is 4.98 Å². The Bertz CT molecular complexity index is 596. The highest BCUT2D eigenvalue weighted by atomic mass is 35.7. The molecule has 0 aliphatic carbocycles. The van der Waals surface area contributed by atoms with E-state index in [1.807, 2.05) is 30.3 Å². The first kappa shape index (κ1) is 11.1. The largest absolute Gasteiger partial charge is 0.278 e. The molecule has 2 rings (SSSR count). The van der Waals surface area contributed by atoms with Crippen molar-refractivity contribution in [2.45, 2.75) is 5.03 Å². The molecule has 0 atom stereocenters. The Morgan fingerprint density at radius 2 is 1.69 bits per heavy atom. The third kappa shape index (κ3) is 2.40. The van der Waals surface area contributed by atoms with Gasteiger partial charge in [-0.2, -0.15) is 0 Å². The smallest absolute Gasteiger partial charge is 0.243 e. The van der Waals surface area contributed by atoms with E-state index in [1.165, 1.54) is 12.3 Å². The summed E-state index contributed by atoms with van der Waals surface area (Å²) in [6, 6.07) is 12.6. The second-order valence-corrected chi connectivity index (χ2v) is 5.70. The van der Waals surface area contributed by atoms with E-state index in [1.54, 1.807) is 6.07 Å². The molecule has 0 aliphatic heterocycles. The van der Waals surface area contributed by atoms with Gasteiger partial charge < -0.3 is 0 Å². The summed E-state index contributed by atoms with van der Waals surface area (Å²) < 4.78 is 22.2. The zero-order valence-corrected chi connectivity index (χ0v) is 9.74. The molecule has 2 aromatic rings. The van der Waals surface area contributed by atoms with E-state index in [4.69, 9.17) is 10.7 Å². The standard InChI is InChI=1S/C11H8ClNO2S/c12-16(14,15)11-8-10(6-7-13-11)9-4-2-1-3-5-9/h1-8H. The average molecular weight is 254 g/mol. The lowest BCUT2D eigenvalue weighted by Crippen LogP contribution is -1.94. The van der Waals surface area contributed by atoms with Crippen LogP contribution in [0.3, 0.4) is 0 Å². The molecule has 0 bridgehead atoms. The highest BCUT2D eigenvalue weighted by Crippen LogP contribution is 2.21. The third-order valence-electron chi connectivity index (χ3n) is 2.09. The molecule has 0 unspecified atom stereocenters. The zero-order chi connectivity index (χ0) is 11.6. The third-order valence-corrected chi connectivity index (χ3v) is 3.29. The molecule has 16 heavy (non-hydrogen) atoms. The molecule has 5 heteroatoms. The second kappa shape index (κ2) is 4.23. The number of benzene rings is 1. The first-order valence-electron chi connectivity index (χ1n) is 4.53. The molecule has 1 heterocycles. The van der Waals surface area contributed by atoms with Crippen LogP contribution in [0.25, 0.3) is 11.1 Å². The van der Waals surface area contributed by atoms with Gasteiger partial charge in [0.2, 0.25) is 0 Å². The quantitative estimate of drug-likeness (QED) is 0.773. The van der Waals surface area contributed by atoms with Crippen molar-refractivity contribution < 1.29 is 8.42 Å². The maximum Gasteiger partial charge on any atom is 0.278 e. The predicted molar refractivity (Wildman–Crippen MR) is 62.7 cm³/mol. The maximum atomic E-state index is 11.1. The molecule has 0 aliphatic rings. The van der Waals surface area contributed by atoms with Crippen molar-refractivity contribution in [2.75, 3.05) is 0 Å². The molecular formula is C11H8ClNO2S. The van der Waals surface area contributed by atoms with Gasteiger partial charge in [0, 0.05) is 16.9 Å². The first-order chi connectivity index (χ1) is 7.57. The molecular weight excluding hydrogens is 246 g/mol. The van der Waals surface area contributed by atoms with Crippen LogP contribution in [0.4, 0.5) is 0 Å². The SMILES string of the molecule is O=S(=O)(Cl)c1cc(-c2ccccc2)ccn1. The summed E-state index contributed by atoms with van der Waals surface area (Å²) in [7, 11) is 1.46. The van der Waals surface area contributed by atoms with Crippen molar-refractivity contribution in [3.8, 4) is 11.1 Å². The number of rotatable bonds is 2. The van der Waals surface area contributed by atoms with E-state index >= 15 is 0 Å². The van der Waals surface area contributed by atoms with Crippen LogP contribution in [-0.2, 0) is 9.05 Å². The van der Waals surface area contributed by atoms with Gasteiger partial charge in [0.1, 0.15) is 0 Å².